The lowest BCUT2D eigenvalue weighted by Gasteiger charge is -2.16. The third-order valence-electron chi connectivity index (χ3n) is 4.56. The van der Waals surface area contributed by atoms with Crippen molar-refractivity contribution in [3.63, 3.8) is 0 Å². The molecule has 66 valence electrons. The minimum Gasteiger partial charge on any atom is -0.0617 e. The molecule has 4 unspecified atom stereocenters. The Balaban J connectivity index is 2.02. The number of benzene rings is 1. The summed E-state index contributed by atoms with van der Waals surface area (Å²) in [6.07, 6.45) is 3.01. The zero-order valence-electron chi connectivity index (χ0n) is 7.96. The normalized spacial score (nSPS) is 43.2. The third kappa shape index (κ3) is 0.620. The van der Waals surface area contributed by atoms with Gasteiger partial charge in [0.15, 0.2) is 0 Å². The van der Waals surface area contributed by atoms with Gasteiger partial charge in [-0.3, -0.25) is 0 Å². The van der Waals surface area contributed by atoms with Crippen LogP contribution in [0.1, 0.15) is 41.4 Å². The fourth-order valence-electron chi connectivity index (χ4n) is 4.01. The van der Waals surface area contributed by atoms with Crippen molar-refractivity contribution in [1.29, 1.82) is 0 Å². The summed E-state index contributed by atoms with van der Waals surface area (Å²) in [5.74, 6) is 4.12. The van der Waals surface area contributed by atoms with E-state index >= 15 is 0 Å². The molecule has 3 aliphatic carbocycles. The van der Waals surface area contributed by atoms with E-state index in [2.05, 4.69) is 25.1 Å². The van der Waals surface area contributed by atoms with Crippen LogP contribution in [0.5, 0.6) is 0 Å². The van der Waals surface area contributed by atoms with Crippen LogP contribution in [-0.2, 0) is 0 Å². The lowest BCUT2D eigenvalue weighted by molar-refractivity contribution is 0.637. The minimum absolute atomic E-state index is 0.963. The van der Waals surface area contributed by atoms with Crippen molar-refractivity contribution >= 4 is 0 Å². The fourth-order valence-corrected chi connectivity index (χ4v) is 4.01. The van der Waals surface area contributed by atoms with Gasteiger partial charge in [0.25, 0.3) is 0 Å². The quantitative estimate of drug-likeness (QED) is 0.561. The molecule has 13 heavy (non-hydrogen) atoms. The molecular formula is C13H14. The number of hydrogen-bond acceptors (Lipinski definition) is 0. The Morgan fingerprint density at radius 3 is 2.85 bits per heavy atom. The molecule has 2 saturated carbocycles. The average Bonchev–Trinajstić information content (AvgIpc) is 2.75. The van der Waals surface area contributed by atoms with Crippen LogP contribution < -0.4 is 0 Å². The first kappa shape index (κ1) is 6.64. The van der Waals surface area contributed by atoms with Crippen LogP contribution in [-0.4, -0.2) is 0 Å². The maximum atomic E-state index is 2.38. The molecule has 2 bridgehead atoms. The molecule has 0 amide bonds. The van der Waals surface area contributed by atoms with Gasteiger partial charge < -0.3 is 0 Å². The van der Waals surface area contributed by atoms with Gasteiger partial charge >= 0.3 is 0 Å². The van der Waals surface area contributed by atoms with Crippen LogP contribution in [0.3, 0.4) is 0 Å². The molecule has 3 aliphatic rings. The lowest BCUT2D eigenvalue weighted by atomic mass is 9.89. The number of aryl methyl sites for hydroxylation is 1. The van der Waals surface area contributed by atoms with E-state index in [0.717, 1.165) is 23.7 Å². The number of hydrogen-bond donors (Lipinski definition) is 0. The van der Waals surface area contributed by atoms with Crippen LogP contribution in [0.15, 0.2) is 18.2 Å². The SMILES string of the molecule is Cc1cccc2c1C1CC2C2CC12. The average molecular weight is 170 g/mol. The molecule has 0 heterocycles. The summed E-state index contributed by atoms with van der Waals surface area (Å²) < 4.78 is 0. The van der Waals surface area contributed by atoms with Crippen molar-refractivity contribution in [3.05, 3.63) is 34.9 Å². The smallest absolute Gasteiger partial charge is 0.0119 e. The highest BCUT2D eigenvalue weighted by Crippen LogP contribution is 2.71. The Labute approximate surface area is 79.0 Å². The summed E-state index contributed by atoms with van der Waals surface area (Å²) in [4.78, 5) is 0. The van der Waals surface area contributed by atoms with E-state index in [0.29, 0.717) is 0 Å². The molecule has 4 atom stereocenters. The monoisotopic (exact) mass is 170 g/mol. The lowest BCUT2D eigenvalue weighted by Crippen LogP contribution is -2.02. The van der Waals surface area contributed by atoms with Crippen molar-refractivity contribution in [3.8, 4) is 0 Å². The van der Waals surface area contributed by atoms with Gasteiger partial charge in [-0.15, -0.1) is 0 Å². The summed E-state index contributed by atoms with van der Waals surface area (Å²) in [5, 5.41) is 0. The Kier molecular flexibility index (Phi) is 0.941. The summed E-state index contributed by atoms with van der Waals surface area (Å²) in [7, 11) is 0. The second-order valence-electron chi connectivity index (χ2n) is 5.09. The molecule has 1 aromatic rings. The molecular weight excluding hydrogens is 156 g/mol. The first-order valence-corrected chi connectivity index (χ1v) is 5.45. The van der Waals surface area contributed by atoms with E-state index in [1.807, 2.05) is 0 Å². The Bertz CT molecular complexity index is 391. The molecule has 0 radical (unpaired) electrons. The van der Waals surface area contributed by atoms with Crippen molar-refractivity contribution in [2.75, 3.05) is 0 Å². The van der Waals surface area contributed by atoms with Gasteiger partial charge in [-0.1, -0.05) is 18.2 Å². The van der Waals surface area contributed by atoms with E-state index < -0.39 is 0 Å². The summed E-state index contributed by atoms with van der Waals surface area (Å²) in [6, 6.07) is 6.91. The van der Waals surface area contributed by atoms with Crippen LogP contribution in [0, 0.1) is 18.8 Å². The topological polar surface area (TPSA) is 0 Å². The van der Waals surface area contributed by atoms with Gasteiger partial charge in [-0.25, -0.2) is 0 Å². The van der Waals surface area contributed by atoms with E-state index in [1.165, 1.54) is 12.8 Å². The molecule has 4 rings (SSSR count). The Hall–Kier alpha value is -0.780. The first-order valence-electron chi connectivity index (χ1n) is 5.45. The van der Waals surface area contributed by atoms with Crippen LogP contribution in [0.2, 0.25) is 0 Å². The zero-order valence-corrected chi connectivity index (χ0v) is 7.96. The molecule has 0 N–H and O–H groups in total. The molecule has 2 fully saturated rings. The van der Waals surface area contributed by atoms with E-state index in [4.69, 9.17) is 0 Å². The van der Waals surface area contributed by atoms with E-state index in [9.17, 15) is 0 Å². The second kappa shape index (κ2) is 1.84. The standard InChI is InChI=1S/C13H14/c1-7-3-2-4-8-9-6-12(13(7)8)11-5-10(9)11/h2-4,9-12H,5-6H2,1H3. The van der Waals surface area contributed by atoms with Gasteiger partial charge in [0.2, 0.25) is 0 Å². The molecule has 0 heteroatoms. The van der Waals surface area contributed by atoms with Crippen molar-refractivity contribution in [2.45, 2.75) is 31.6 Å². The van der Waals surface area contributed by atoms with Crippen molar-refractivity contribution < 1.29 is 0 Å². The molecule has 0 spiro atoms. The van der Waals surface area contributed by atoms with Crippen LogP contribution in [0.25, 0.3) is 0 Å². The van der Waals surface area contributed by atoms with E-state index in [1.54, 1.807) is 16.7 Å². The number of fused-ring (bicyclic) bond motifs is 8. The maximum absolute atomic E-state index is 2.38. The van der Waals surface area contributed by atoms with Crippen molar-refractivity contribution in [1.82, 2.24) is 0 Å². The maximum Gasteiger partial charge on any atom is -0.0119 e. The van der Waals surface area contributed by atoms with Gasteiger partial charge in [-0.2, -0.15) is 0 Å². The number of rotatable bonds is 0. The highest BCUT2D eigenvalue weighted by Gasteiger charge is 2.59. The van der Waals surface area contributed by atoms with E-state index in [-0.39, 0.29) is 0 Å². The van der Waals surface area contributed by atoms with Gasteiger partial charge in [0.1, 0.15) is 0 Å². The van der Waals surface area contributed by atoms with Crippen LogP contribution in [0.4, 0.5) is 0 Å². The fraction of sp³-hybridized carbons (Fsp3) is 0.538. The first-order chi connectivity index (χ1) is 6.36. The summed E-state index contributed by atoms with van der Waals surface area (Å²) in [6.45, 7) is 2.29. The highest BCUT2D eigenvalue weighted by molar-refractivity contribution is 5.49. The van der Waals surface area contributed by atoms with Gasteiger partial charge in [0.05, 0.1) is 0 Å². The Morgan fingerprint density at radius 1 is 1.08 bits per heavy atom. The second-order valence-corrected chi connectivity index (χ2v) is 5.09. The molecule has 0 nitrogen and oxygen atoms in total. The predicted octanol–water partition coefficient (Wildman–Crippen LogP) is 3.22. The predicted molar refractivity (Wildman–Crippen MR) is 52.9 cm³/mol. The van der Waals surface area contributed by atoms with Gasteiger partial charge in [-0.05, 0) is 60.1 Å². The third-order valence-corrected chi connectivity index (χ3v) is 4.56. The summed E-state index contributed by atoms with van der Waals surface area (Å²) in [5.41, 5.74) is 5.00. The summed E-state index contributed by atoms with van der Waals surface area (Å²) >= 11 is 0. The van der Waals surface area contributed by atoms with Crippen molar-refractivity contribution in [2.24, 2.45) is 11.8 Å². The molecule has 0 aromatic heterocycles. The van der Waals surface area contributed by atoms with Gasteiger partial charge in [0, 0.05) is 0 Å². The van der Waals surface area contributed by atoms with Crippen LogP contribution >= 0.6 is 0 Å². The zero-order chi connectivity index (χ0) is 8.58. The molecule has 0 aliphatic heterocycles. The molecule has 0 saturated heterocycles. The molecule has 1 aromatic carbocycles. The minimum atomic E-state index is 0.963. The largest absolute Gasteiger partial charge is 0.0617 e. The highest BCUT2D eigenvalue weighted by atomic mass is 14.6. The Morgan fingerprint density at radius 2 is 1.92 bits per heavy atom.